The Morgan fingerprint density at radius 2 is 1.68 bits per heavy atom. The Morgan fingerprint density at radius 1 is 1.03 bits per heavy atom. The fourth-order valence-corrected chi connectivity index (χ4v) is 6.49. The largest absolute Gasteiger partial charge is 0.459 e. The van der Waals surface area contributed by atoms with Gasteiger partial charge in [-0.1, -0.05) is 12.1 Å². The molecule has 0 saturated heterocycles. The molecule has 1 aromatic heterocycles. The fourth-order valence-electron chi connectivity index (χ4n) is 6.49. The van der Waals surface area contributed by atoms with Gasteiger partial charge in [-0.15, -0.1) is 0 Å². The minimum Gasteiger partial charge on any atom is -0.459 e. The van der Waals surface area contributed by atoms with Crippen molar-refractivity contribution in [2.45, 2.75) is 51.9 Å². The average molecular weight is 420 g/mol. The van der Waals surface area contributed by atoms with Crippen molar-refractivity contribution >= 4 is 23.2 Å². The standard InChI is InChI=1S/C25H29N3O3/c1-16(20-4-6-21(7-5-20)26-24(30)22-3-2-8-31-22)27-28-23(29)15-25-12-17-9-18(13-25)11-19(10-17)14-25/h2-8,17-19H,9-15H2,1H3,(H,26,30)(H,28,29)/b27-16-. The molecule has 4 fully saturated rings. The number of hydrogen-bond donors (Lipinski definition) is 2. The molecular weight excluding hydrogens is 390 g/mol. The van der Waals surface area contributed by atoms with E-state index in [1.54, 1.807) is 12.1 Å². The topological polar surface area (TPSA) is 83.7 Å². The van der Waals surface area contributed by atoms with E-state index in [9.17, 15) is 9.59 Å². The highest BCUT2D eigenvalue weighted by molar-refractivity contribution is 6.03. The van der Waals surface area contributed by atoms with Crippen molar-refractivity contribution in [2.24, 2.45) is 28.3 Å². The van der Waals surface area contributed by atoms with E-state index in [-0.39, 0.29) is 23.0 Å². The zero-order valence-electron chi connectivity index (χ0n) is 17.9. The summed E-state index contributed by atoms with van der Waals surface area (Å²) in [7, 11) is 0. The van der Waals surface area contributed by atoms with E-state index in [1.165, 1.54) is 44.8 Å². The van der Waals surface area contributed by atoms with Gasteiger partial charge in [0.25, 0.3) is 5.91 Å². The lowest BCUT2D eigenvalue weighted by molar-refractivity contribution is -0.129. The maximum Gasteiger partial charge on any atom is 0.291 e. The summed E-state index contributed by atoms with van der Waals surface area (Å²) in [6.07, 6.45) is 9.89. The van der Waals surface area contributed by atoms with Crippen molar-refractivity contribution in [3.8, 4) is 0 Å². The molecule has 4 saturated carbocycles. The molecule has 0 unspecified atom stereocenters. The minimum atomic E-state index is -0.292. The molecule has 2 aromatic rings. The van der Waals surface area contributed by atoms with Gasteiger partial charge in [0, 0.05) is 12.1 Å². The Morgan fingerprint density at radius 3 is 2.26 bits per heavy atom. The first kappa shape index (κ1) is 20.0. The molecule has 0 radical (unpaired) electrons. The van der Waals surface area contributed by atoms with Crippen molar-refractivity contribution in [1.82, 2.24) is 5.43 Å². The van der Waals surface area contributed by atoms with E-state index < -0.39 is 0 Å². The highest BCUT2D eigenvalue weighted by Gasteiger charge is 2.51. The SMILES string of the molecule is C/C(=N/NC(=O)CC12CC3CC(CC(C3)C1)C2)c1ccc(NC(=O)c2ccco2)cc1. The van der Waals surface area contributed by atoms with Gasteiger partial charge in [-0.3, -0.25) is 9.59 Å². The molecule has 2 N–H and O–H groups in total. The van der Waals surface area contributed by atoms with Crippen molar-refractivity contribution in [2.75, 3.05) is 5.32 Å². The van der Waals surface area contributed by atoms with E-state index in [1.807, 2.05) is 31.2 Å². The molecule has 0 atom stereocenters. The molecule has 4 aliphatic carbocycles. The van der Waals surface area contributed by atoms with Gasteiger partial charge in [0.05, 0.1) is 12.0 Å². The molecular formula is C25H29N3O3. The summed E-state index contributed by atoms with van der Waals surface area (Å²) < 4.78 is 5.10. The number of nitrogens with zero attached hydrogens (tertiary/aromatic N) is 1. The van der Waals surface area contributed by atoms with Crippen LogP contribution in [-0.2, 0) is 4.79 Å². The summed E-state index contributed by atoms with van der Waals surface area (Å²) in [5, 5.41) is 7.13. The van der Waals surface area contributed by atoms with Crippen LogP contribution in [-0.4, -0.2) is 17.5 Å². The smallest absolute Gasteiger partial charge is 0.291 e. The van der Waals surface area contributed by atoms with Crippen molar-refractivity contribution in [3.63, 3.8) is 0 Å². The van der Waals surface area contributed by atoms with E-state index in [2.05, 4.69) is 15.8 Å². The van der Waals surface area contributed by atoms with Gasteiger partial charge in [-0.25, -0.2) is 5.43 Å². The van der Waals surface area contributed by atoms with Gasteiger partial charge < -0.3 is 9.73 Å². The van der Waals surface area contributed by atoms with Gasteiger partial charge >= 0.3 is 0 Å². The van der Waals surface area contributed by atoms with Gasteiger partial charge in [0.15, 0.2) is 5.76 Å². The van der Waals surface area contributed by atoms with Crippen LogP contribution in [0.15, 0.2) is 52.2 Å². The summed E-state index contributed by atoms with van der Waals surface area (Å²) >= 11 is 0. The van der Waals surface area contributed by atoms with Crippen molar-refractivity contribution in [3.05, 3.63) is 54.0 Å². The predicted octanol–water partition coefficient (Wildman–Crippen LogP) is 4.98. The molecule has 0 aliphatic heterocycles. The highest BCUT2D eigenvalue weighted by Crippen LogP contribution is 2.61. The molecule has 31 heavy (non-hydrogen) atoms. The maximum absolute atomic E-state index is 12.7. The first-order valence-corrected chi connectivity index (χ1v) is 11.3. The van der Waals surface area contributed by atoms with Crippen LogP contribution in [0.1, 0.15) is 68.0 Å². The number of benzene rings is 1. The number of hydrogen-bond acceptors (Lipinski definition) is 4. The Balaban J connectivity index is 1.17. The lowest BCUT2D eigenvalue weighted by atomic mass is 9.49. The molecule has 1 heterocycles. The number of anilines is 1. The summed E-state index contributed by atoms with van der Waals surface area (Å²) in [6.45, 7) is 1.88. The van der Waals surface area contributed by atoms with Crippen LogP contribution in [0.25, 0.3) is 0 Å². The normalized spacial score (nSPS) is 29.1. The molecule has 4 aliphatic rings. The summed E-state index contributed by atoms with van der Waals surface area (Å²) in [6, 6.07) is 10.7. The third-order valence-corrected chi connectivity index (χ3v) is 7.35. The zero-order valence-corrected chi connectivity index (χ0v) is 17.9. The van der Waals surface area contributed by atoms with E-state index in [0.717, 1.165) is 29.0 Å². The lowest BCUT2D eigenvalue weighted by Gasteiger charge is -2.56. The monoisotopic (exact) mass is 419 g/mol. The molecule has 162 valence electrons. The van der Waals surface area contributed by atoms with Crippen LogP contribution in [0, 0.1) is 23.2 Å². The van der Waals surface area contributed by atoms with Crippen LogP contribution in [0.2, 0.25) is 0 Å². The number of carbonyl (C=O) groups is 2. The highest BCUT2D eigenvalue weighted by atomic mass is 16.3. The second-order valence-corrected chi connectivity index (χ2v) is 9.84. The number of rotatable bonds is 6. The van der Waals surface area contributed by atoms with E-state index in [0.29, 0.717) is 12.1 Å². The Labute approximate surface area is 182 Å². The molecule has 4 bridgehead atoms. The summed E-state index contributed by atoms with van der Waals surface area (Å²) in [5.41, 5.74) is 5.31. The quantitative estimate of drug-likeness (QED) is 0.512. The summed E-state index contributed by atoms with van der Waals surface area (Å²) in [4.78, 5) is 24.7. The first-order valence-electron chi connectivity index (χ1n) is 11.3. The van der Waals surface area contributed by atoms with Crippen LogP contribution in [0.3, 0.4) is 0 Å². The lowest BCUT2D eigenvalue weighted by Crippen LogP contribution is -2.47. The van der Waals surface area contributed by atoms with Crippen LogP contribution in [0.4, 0.5) is 5.69 Å². The molecule has 6 rings (SSSR count). The number of furan rings is 1. The molecule has 1 aromatic carbocycles. The third kappa shape index (κ3) is 4.29. The number of carbonyl (C=O) groups excluding carboxylic acids is 2. The predicted molar refractivity (Wildman–Crippen MR) is 119 cm³/mol. The van der Waals surface area contributed by atoms with Crippen LogP contribution in [0.5, 0.6) is 0 Å². The first-order chi connectivity index (χ1) is 15.0. The Bertz CT molecular complexity index is 956. The van der Waals surface area contributed by atoms with Gasteiger partial charge in [0.2, 0.25) is 5.91 Å². The maximum atomic E-state index is 12.7. The number of hydrazone groups is 1. The van der Waals surface area contributed by atoms with Gasteiger partial charge in [-0.05, 0) is 98.4 Å². The molecule has 6 nitrogen and oxygen atoms in total. The Kier molecular flexibility index (Phi) is 5.16. The van der Waals surface area contributed by atoms with Crippen LogP contribution < -0.4 is 10.7 Å². The average Bonchev–Trinajstić information content (AvgIpc) is 3.26. The van der Waals surface area contributed by atoms with E-state index >= 15 is 0 Å². The second kappa shape index (κ2) is 7.98. The summed E-state index contributed by atoms with van der Waals surface area (Å²) in [5.74, 6) is 2.54. The molecule has 0 spiro atoms. The second-order valence-electron chi connectivity index (χ2n) is 9.84. The number of nitrogens with one attached hydrogen (secondary N) is 2. The Hall–Kier alpha value is -2.89. The van der Waals surface area contributed by atoms with Crippen LogP contribution >= 0.6 is 0 Å². The zero-order chi connectivity index (χ0) is 21.4. The minimum absolute atomic E-state index is 0.0311. The number of amides is 2. The van der Waals surface area contributed by atoms with Crippen molar-refractivity contribution < 1.29 is 14.0 Å². The van der Waals surface area contributed by atoms with Crippen molar-refractivity contribution in [1.29, 1.82) is 0 Å². The van der Waals surface area contributed by atoms with E-state index in [4.69, 9.17) is 4.42 Å². The molecule has 2 amide bonds. The third-order valence-electron chi connectivity index (χ3n) is 7.35. The van der Waals surface area contributed by atoms with Gasteiger partial charge in [0.1, 0.15) is 0 Å². The fraction of sp³-hybridized carbons (Fsp3) is 0.480. The molecule has 6 heteroatoms. The van der Waals surface area contributed by atoms with Gasteiger partial charge in [-0.2, -0.15) is 5.10 Å².